The van der Waals surface area contributed by atoms with Gasteiger partial charge in [0.15, 0.2) is 0 Å². The van der Waals surface area contributed by atoms with Gasteiger partial charge < -0.3 is 4.90 Å². The summed E-state index contributed by atoms with van der Waals surface area (Å²) in [6.07, 6.45) is 7.78. The van der Waals surface area contributed by atoms with E-state index in [0.29, 0.717) is 24.0 Å². The molecule has 0 N–H and O–H groups in total. The van der Waals surface area contributed by atoms with Crippen molar-refractivity contribution in [2.45, 2.75) is 39.2 Å². The van der Waals surface area contributed by atoms with Crippen molar-refractivity contribution < 1.29 is 9.59 Å². The standard InChI is InChI=1S/C24H21N3O2/c1-5-7-22(28)27(21-11-10-18-14-26(4)24(29)23(18)25-21)20-12-15(3)16(6-2)13-19(20)17-8-9-17/h2,10-13,17H,8-9,14H2,1,3-4H3. The van der Waals surface area contributed by atoms with Crippen LogP contribution in [-0.4, -0.2) is 28.7 Å². The Morgan fingerprint density at radius 3 is 2.72 bits per heavy atom. The van der Waals surface area contributed by atoms with Gasteiger partial charge in [-0.3, -0.25) is 14.5 Å². The summed E-state index contributed by atoms with van der Waals surface area (Å²) in [6.45, 7) is 4.07. The predicted molar refractivity (Wildman–Crippen MR) is 112 cm³/mol. The van der Waals surface area contributed by atoms with Gasteiger partial charge in [0, 0.05) is 24.7 Å². The highest BCUT2D eigenvalue weighted by molar-refractivity contribution is 6.11. The van der Waals surface area contributed by atoms with Gasteiger partial charge in [-0.15, -0.1) is 6.42 Å². The number of aryl methyl sites for hydroxylation is 1. The van der Waals surface area contributed by atoms with E-state index in [4.69, 9.17) is 6.42 Å². The molecule has 0 unspecified atom stereocenters. The molecule has 0 saturated heterocycles. The van der Waals surface area contributed by atoms with Crippen molar-refractivity contribution in [2.24, 2.45) is 0 Å². The average Bonchev–Trinajstić information content (AvgIpc) is 3.50. The van der Waals surface area contributed by atoms with Crippen LogP contribution in [0.5, 0.6) is 0 Å². The van der Waals surface area contributed by atoms with Crippen molar-refractivity contribution in [3.8, 4) is 24.2 Å². The van der Waals surface area contributed by atoms with Crippen LogP contribution in [0.2, 0.25) is 0 Å². The molecule has 0 atom stereocenters. The van der Waals surface area contributed by atoms with Gasteiger partial charge in [0.05, 0.1) is 5.69 Å². The van der Waals surface area contributed by atoms with Crippen molar-refractivity contribution in [3.63, 3.8) is 0 Å². The number of carbonyl (C=O) groups is 2. The van der Waals surface area contributed by atoms with Crippen LogP contribution in [0, 0.1) is 31.1 Å². The highest BCUT2D eigenvalue weighted by Gasteiger charge is 2.33. The minimum Gasteiger partial charge on any atom is -0.336 e. The summed E-state index contributed by atoms with van der Waals surface area (Å²) >= 11 is 0. The van der Waals surface area contributed by atoms with E-state index in [1.54, 1.807) is 24.9 Å². The zero-order chi connectivity index (χ0) is 20.7. The molecule has 0 radical (unpaired) electrons. The lowest BCUT2D eigenvalue weighted by atomic mass is 9.99. The van der Waals surface area contributed by atoms with Crippen LogP contribution >= 0.6 is 0 Å². The largest absolute Gasteiger partial charge is 0.336 e. The number of terminal acetylenes is 1. The normalized spacial score (nSPS) is 14.7. The molecule has 1 aliphatic heterocycles. The Kier molecular flexibility index (Phi) is 4.60. The lowest BCUT2D eigenvalue weighted by Gasteiger charge is -2.24. The third kappa shape index (κ3) is 3.26. The molecule has 2 aliphatic rings. The average molecular weight is 383 g/mol. The number of benzene rings is 1. The molecule has 1 saturated carbocycles. The van der Waals surface area contributed by atoms with Gasteiger partial charge >= 0.3 is 5.91 Å². The summed E-state index contributed by atoms with van der Waals surface area (Å²) in [5.41, 5.74) is 4.74. The van der Waals surface area contributed by atoms with Gasteiger partial charge in [0.2, 0.25) is 0 Å². The quantitative estimate of drug-likeness (QED) is 0.762. The Balaban J connectivity index is 1.90. The van der Waals surface area contributed by atoms with E-state index in [9.17, 15) is 9.59 Å². The number of hydrogen-bond acceptors (Lipinski definition) is 3. The fourth-order valence-electron chi connectivity index (χ4n) is 3.70. The van der Waals surface area contributed by atoms with Crippen LogP contribution in [0.1, 0.15) is 58.4 Å². The maximum Gasteiger partial charge on any atom is 0.308 e. The number of carbonyl (C=O) groups excluding carboxylic acids is 2. The van der Waals surface area contributed by atoms with Crippen molar-refractivity contribution in [1.82, 2.24) is 9.88 Å². The molecule has 5 nitrogen and oxygen atoms in total. The third-order valence-electron chi connectivity index (χ3n) is 5.37. The van der Waals surface area contributed by atoms with Crippen LogP contribution in [0.3, 0.4) is 0 Å². The van der Waals surface area contributed by atoms with Gasteiger partial charge in [0.1, 0.15) is 11.5 Å². The van der Waals surface area contributed by atoms with Gasteiger partial charge in [0.25, 0.3) is 5.91 Å². The molecule has 2 amide bonds. The van der Waals surface area contributed by atoms with Gasteiger partial charge in [-0.05, 0) is 67.9 Å². The Hall–Kier alpha value is -3.57. The minimum absolute atomic E-state index is 0.142. The second-order valence-corrected chi connectivity index (χ2v) is 7.50. The Labute approximate surface area is 170 Å². The predicted octanol–water partition coefficient (Wildman–Crippen LogP) is 3.52. The van der Waals surface area contributed by atoms with Crippen LogP contribution in [0.25, 0.3) is 0 Å². The van der Waals surface area contributed by atoms with E-state index >= 15 is 0 Å². The Bertz CT molecular complexity index is 1140. The molecule has 1 aromatic carbocycles. The molecule has 0 spiro atoms. The zero-order valence-corrected chi connectivity index (χ0v) is 16.7. The highest BCUT2D eigenvalue weighted by atomic mass is 16.2. The maximum atomic E-state index is 13.0. The van der Waals surface area contributed by atoms with Gasteiger partial charge in [-0.2, -0.15) is 0 Å². The lowest BCUT2D eigenvalue weighted by Crippen LogP contribution is -2.27. The topological polar surface area (TPSA) is 53.5 Å². The molecule has 144 valence electrons. The van der Waals surface area contributed by atoms with Crippen molar-refractivity contribution in [3.05, 3.63) is 52.2 Å². The molecular formula is C24H21N3O2. The number of aromatic nitrogens is 1. The summed E-state index contributed by atoms with van der Waals surface area (Å²) in [7, 11) is 1.74. The number of amides is 2. The summed E-state index contributed by atoms with van der Waals surface area (Å²) in [5.74, 6) is 8.27. The van der Waals surface area contributed by atoms with E-state index < -0.39 is 0 Å². The Morgan fingerprint density at radius 1 is 1.31 bits per heavy atom. The van der Waals surface area contributed by atoms with Crippen molar-refractivity contribution >= 4 is 23.3 Å². The molecular weight excluding hydrogens is 362 g/mol. The lowest BCUT2D eigenvalue weighted by molar-refractivity contribution is -0.112. The number of anilines is 2. The minimum atomic E-state index is -0.381. The van der Waals surface area contributed by atoms with Crippen LogP contribution in [0.15, 0.2) is 24.3 Å². The second kappa shape index (κ2) is 7.11. The molecule has 1 aromatic heterocycles. The maximum absolute atomic E-state index is 13.0. The molecule has 29 heavy (non-hydrogen) atoms. The third-order valence-corrected chi connectivity index (χ3v) is 5.37. The SMILES string of the molecule is C#Cc1cc(C2CC2)c(N(C(=O)C#CC)c2ccc3c(n2)C(=O)N(C)C3)cc1C. The van der Waals surface area contributed by atoms with Gasteiger partial charge in [-0.25, -0.2) is 4.98 Å². The number of pyridine rings is 1. The first kappa shape index (κ1) is 18.8. The molecule has 1 fully saturated rings. The molecule has 2 aromatic rings. The fourth-order valence-corrected chi connectivity index (χ4v) is 3.70. The van der Waals surface area contributed by atoms with Crippen LogP contribution < -0.4 is 4.90 Å². The van der Waals surface area contributed by atoms with Crippen LogP contribution in [-0.2, 0) is 11.3 Å². The number of fused-ring (bicyclic) bond motifs is 1. The summed E-state index contributed by atoms with van der Waals surface area (Å²) in [6, 6.07) is 7.56. The molecule has 0 bridgehead atoms. The first-order valence-electron chi connectivity index (χ1n) is 9.58. The van der Waals surface area contributed by atoms with E-state index in [2.05, 4.69) is 22.7 Å². The number of rotatable bonds is 3. The molecule has 2 heterocycles. The smallest absolute Gasteiger partial charge is 0.308 e. The van der Waals surface area contributed by atoms with Crippen molar-refractivity contribution in [2.75, 3.05) is 11.9 Å². The van der Waals surface area contributed by atoms with Crippen molar-refractivity contribution in [1.29, 1.82) is 0 Å². The summed E-state index contributed by atoms with van der Waals surface area (Å²) in [5, 5.41) is 0. The molecule has 5 heteroatoms. The number of hydrogen-bond donors (Lipinski definition) is 0. The highest BCUT2D eigenvalue weighted by Crippen LogP contribution is 2.46. The van der Waals surface area contributed by atoms with E-state index in [1.165, 1.54) is 4.90 Å². The zero-order valence-electron chi connectivity index (χ0n) is 16.7. The summed E-state index contributed by atoms with van der Waals surface area (Å²) < 4.78 is 0. The monoisotopic (exact) mass is 383 g/mol. The molecule has 4 rings (SSSR count). The van der Waals surface area contributed by atoms with Gasteiger partial charge in [-0.1, -0.05) is 17.9 Å². The van der Waals surface area contributed by atoms with Crippen LogP contribution in [0.4, 0.5) is 11.5 Å². The van der Waals surface area contributed by atoms with E-state index in [1.807, 2.05) is 25.1 Å². The Morgan fingerprint density at radius 2 is 2.07 bits per heavy atom. The fraction of sp³-hybridized carbons (Fsp3) is 0.292. The van der Waals surface area contributed by atoms with E-state index in [-0.39, 0.29) is 11.8 Å². The first-order chi connectivity index (χ1) is 13.9. The first-order valence-corrected chi connectivity index (χ1v) is 9.58. The number of nitrogens with zero attached hydrogens (tertiary/aromatic N) is 3. The summed E-state index contributed by atoms with van der Waals surface area (Å²) in [4.78, 5) is 33.2. The molecule has 1 aliphatic carbocycles. The van der Waals surface area contributed by atoms with E-state index in [0.717, 1.165) is 40.8 Å². The second-order valence-electron chi connectivity index (χ2n) is 7.50.